The summed E-state index contributed by atoms with van der Waals surface area (Å²) in [6.45, 7) is 2.04. The number of hydrogen-bond donors (Lipinski definition) is 3. The molecule has 3 N–H and O–H groups in total. The number of benzene rings is 3. The van der Waals surface area contributed by atoms with E-state index in [0.717, 1.165) is 10.5 Å². The Kier molecular flexibility index (Phi) is 7.65. The third-order valence-electron chi connectivity index (χ3n) is 4.52. The van der Waals surface area contributed by atoms with Crippen molar-refractivity contribution in [1.82, 2.24) is 4.72 Å². The predicted molar refractivity (Wildman–Crippen MR) is 121 cm³/mol. The van der Waals surface area contributed by atoms with Gasteiger partial charge in [0.1, 0.15) is 6.04 Å². The first-order valence-corrected chi connectivity index (χ1v) is 10.5. The molecule has 0 bridgehead atoms. The van der Waals surface area contributed by atoms with Crippen LogP contribution in [0.3, 0.4) is 0 Å². The molecule has 0 aliphatic carbocycles. The number of hydrogen-bond acceptors (Lipinski definition) is 4. The van der Waals surface area contributed by atoms with E-state index >= 15 is 0 Å². The van der Waals surface area contributed by atoms with Gasteiger partial charge < -0.3 is 10.4 Å². The molecule has 5 nitrogen and oxygen atoms in total. The van der Waals surface area contributed by atoms with Crippen molar-refractivity contribution in [3.63, 3.8) is 0 Å². The van der Waals surface area contributed by atoms with Gasteiger partial charge in [-0.15, -0.1) is 0 Å². The SMILES string of the molecule is Cc1ccc(SN[C@@H](Cc2ccccc2)C(=O)Nc2ccc(CC(=O)O)cc2)cc1. The lowest BCUT2D eigenvalue weighted by atomic mass is 10.1. The van der Waals surface area contributed by atoms with Crippen LogP contribution in [0.15, 0.2) is 83.8 Å². The van der Waals surface area contributed by atoms with Crippen LogP contribution < -0.4 is 10.0 Å². The molecular weight excluding hydrogens is 396 g/mol. The highest BCUT2D eigenvalue weighted by Crippen LogP contribution is 2.18. The lowest BCUT2D eigenvalue weighted by Gasteiger charge is -2.18. The second-order valence-corrected chi connectivity index (χ2v) is 7.94. The molecular formula is C24H24N2O3S. The Morgan fingerprint density at radius 3 is 2.20 bits per heavy atom. The number of anilines is 1. The summed E-state index contributed by atoms with van der Waals surface area (Å²) >= 11 is 1.43. The number of carbonyl (C=O) groups excluding carboxylic acids is 1. The number of aliphatic carboxylic acids is 1. The number of carboxylic acids is 1. The number of amides is 1. The fraction of sp³-hybridized carbons (Fsp3) is 0.167. The summed E-state index contributed by atoms with van der Waals surface area (Å²) < 4.78 is 3.29. The molecule has 3 aromatic carbocycles. The minimum absolute atomic E-state index is 0.0421. The van der Waals surface area contributed by atoms with Gasteiger partial charge in [0.05, 0.1) is 6.42 Å². The highest BCUT2D eigenvalue weighted by molar-refractivity contribution is 7.97. The Morgan fingerprint density at radius 1 is 0.900 bits per heavy atom. The summed E-state index contributed by atoms with van der Waals surface area (Å²) in [6.07, 6.45) is 0.502. The van der Waals surface area contributed by atoms with Crippen LogP contribution in [0, 0.1) is 6.92 Å². The number of carboxylic acid groups (broad SMARTS) is 1. The van der Waals surface area contributed by atoms with Crippen molar-refractivity contribution in [3.8, 4) is 0 Å². The van der Waals surface area contributed by atoms with Gasteiger partial charge in [0.15, 0.2) is 0 Å². The zero-order valence-electron chi connectivity index (χ0n) is 16.7. The van der Waals surface area contributed by atoms with Crippen LogP contribution in [0.1, 0.15) is 16.7 Å². The van der Waals surface area contributed by atoms with E-state index in [2.05, 4.69) is 10.0 Å². The first-order chi connectivity index (χ1) is 14.5. The maximum atomic E-state index is 13.0. The minimum Gasteiger partial charge on any atom is -0.481 e. The summed E-state index contributed by atoms with van der Waals surface area (Å²) in [5.74, 6) is -1.03. The van der Waals surface area contributed by atoms with Crippen LogP contribution >= 0.6 is 11.9 Å². The van der Waals surface area contributed by atoms with E-state index in [1.807, 2.05) is 61.5 Å². The minimum atomic E-state index is -0.882. The molecule has 0 aliphatic rings. The van der Waals surface area contributed by atoms with Crippen LogP contribution in [0.5, 0.6) is 0 Å². The van der Waals surface area contributed by atoms with Crippen LogP contribution in [0.4, 0.5) is 5.69 Å². The second-order valence-electron chi connectivity index (χ2n) is 7.03. The van der Waals surface area contributed by atoms with Crippen molar-refractivity contribution in [2.24, 2.45) is 0 Å². The van der Waals surface area contributed by atoms with E-state index in [0.29, 0.717) is 17.7 Å². The zero-order chi connectivity index (χ0) is 21.3. The van der Waals surface area contributed by atoms with Crippen molar-refractivity contribution in [2.75, 3.05) is 5.32 Å². The van der Waals surface area contributed by atoms with Gasteiger partial charge in [-0.3, -0.25) is 9.59 Å². The van der Waals surface area contributed by atoms with E-state index < -0.39 is 12.0 Å². The largest absolute Gasteiger partial charge is 0.481 e. The molecule has 0 fully saturated rings. The standard InChI is InChI=1S/C24H24N2O3S/c1-17-7-13-21(14-8-17)30-26-22(15-18-5-3-2-4-6-18)24(29)25-20-11-9-19(10-12-20)16-23(27)28/h2-14,22,26H,15-16H2,1H3,(H,25,29)(H,27,28)/t22-/m0/s1. The lowest BCUT2D eigenvalue weighted by molar-refractivity contribution is -0.136. The molecule has 0 spiro atoms. The number of nitrogens with one attached hydrogen (secondary N) is 2. The summed E-state index contributed by atoms with van der Waals surface area (Å²) in [7, 11) is 0. The molecule has 0 saturated carbocycles. The maximum absolute atomic E-state index is 13.0. The molecule has 30 heavy (non-hydrogen) atoms. The van der Waals surface area contributed by atoms with E-state index in [-0.39, 0.29) is 12.3 Å². The van der Waals surface area contributed by atoms with Gasteiger partial charge >= 0.3 is 5.97 Å². The molecule has 154 valence electrons. The van der Waals surface area contributed by atoms with Crippen LogP contribution in [0.25, 0.3) is 0 Å². The first kappa shape index (κ1) is 21.6. The van der Waals surface area contributed by atoms with Crippen molar-refractivity contribution < 1.29 is 14.7 Å². The van der Waals surface area contributed by atoms with Crippen LogP contribution in [-0.2, 0) is 22.4 Å². The van der Waals surface area contributed by atoms with Crippen molar-refractivity contribution in [2.45, 2.75) is 30.7 Å². The molecule has 0 saturated heterocycles. The summed E-state index contributed by atoms with van der Waals surface area (Å²) in [6, 6.07) is 24.4. The Bertz CT molecular complexity index is 974. The second kappa shape index (κ2) is 10.6. The maximum Gasteiger partial charge on any atom is 0.307 e. The van der Waals surface area contributed by atoms with Crippen molar-refractivity contribution in [1.29, 1.82) is 0 Å². The molecule has 0 heterocycles. The number of carbonyl (C=O) groups is 2. The summed E-state index contributed by atoms with van der Waals surface area (Å²) in [4.78, 5) is 24.8. The highest BCUT2D eigenvalue weighted by Gasteiger charge is 2.19. The van der Waals surface area contributed by atoms with Gasteiger partial charge in [0.2, 0.25) is 5.91 Å². The molecule has 3 aromatic rings. The quantitative estimate of drug-likeness (QED) is 0.445. The molecule has 1 atom stereocenters. The van der Waals surface area contributed by atoms with Gasteiger partial charge in [-0.25, -0.2) is 4.72 Å². The van der Waals surface area contributed by atoms with Crippen molar-refractivity contribution in [3.05, 3.63) is 95.6 Å². The molecule has 3 rings (SSSR count). The molecule has 0 aromatic heterocycles. The molecule has 1 amide bonds. The molecule has 6 heteroatoms. The van der Waals surface area contributed by atoms with E-state index in [1.54, 1.807) is 24.3 Å². The summed E-state index contributed by atoms with van der Waals surface area (Å²) in [5.41, 5.74) is 3.57. The van der Waals surface area contributed by atoms with Gasteiger partial charge in [0, 0.05) is 10.6 Å². The Hall–Kier alpha value is -3.09. The molecule has 0 unspecified atom stereocenters. The zero-order valence-corrected chi connectivity index (χ0v) is 17.5. The highest BCUT2D eigenvalue weighted by atomic mass is 32.2. The van der Waals surface area contributed by atoms with E-state index in [4.69, 9.17) is 5.11 Å². The van der Waals surface area contributed by atoms with Gasteiger partial charge in [-0.2, -0.15) is 0 Å². The number of rotatable bonds is 9. The fourth-order valence-electron chi connectivity index (χ4n) is 2.89. The van der Waals surface area contributed by atoms with Crippen LogP contribution in [0.2, 0.25) is 0 Å². The summed E-state index contributed by atoms with van der Waals surface area (Å²) in [5, 5.41) is 11.8. The average Bonchev–Trinajstić information content (AvgIpc) is 2.74. The molecule has 0 aliphatic heterocycles. The third kappa shape index (κ3) is 6.76. The van der Waals surface area contributed by atoms with Gasteiger partial charge in [-0.05, 0) is 60.7 Å². The predicted octanol–water partition coefficient (Wildman–Crippen LogP) is 4.47. The van der Waals surface area contributed by atoms with Gasteiger partial charge in [0.25, 0.3) is 0 Å². The monoisotopic (exact) mass is 420 g/mol. The fourth-order valence-corrected chi connectivity index (χ4v) is 3.63. The lowest BCUT2D eigenvalue weighted by Crippen LogP contribution is -2.38. The average molecular weight is 421 g/mol. The first-order valence-electron chi connectivity index (χ1n) is 9.64. The number of aryl methyl sites for hydroxylation is 1. The Labute approximate surface area is 180 Å². The normalized spacial score (nSPS) is 11.6. The van der Waals surface area contributed by atoms with Gasteiger partial charge in [-0.1, -0.05) is 60.2 Å². The van der Waals surface area contributed by atoms with E-state index in [9.17, 15) is 9.59 Å². The molecule has 0 radical (unpaired) electrons. The van der Waals surface area contributed by atoms with Crippen molar-refractivity contribution >= 4 is 29.5 Å². The third-order valence-corrected chi connectivity index (χ3v) is 5.43. The van der Waals surface area contributed by atoms with E-state index in [1.165, 1.54) is 17.5 Å². The smallest absolute Gasteiger partial charge is 0.307 e. The van der Waals surface area contributed by atoms with Crippen LogP contribution in [-0.4, -0.2) is 23.0 Å². The Balaban J connectivity index is 1.68. The topological polar surface area (TPSA) is 78.4 Å². The Morgan fingerprint density at radius 2 is 1.57 bits per heavy atom.